The highest BCUT2D eigenvalue weighted by Gasteiger charge is 2.26. The molecule has 0 bridgehead atoms. The van der Waals surface area contributed by atoms with E-state index in [9.17, 15) is 5.11 Å². The van der Waals surface area contributed by atoms with Crippen molar-refractivity contribution in [3.05, 3.63) is 36.4 Å². The molecule has 1 aliphatic heterocycles. The maximum absolute atomic E-state index is 10.1. The maximum Gasteiger partial charge on any atom is 0.231 e. The summed E-state index contributed by atoms with van der Waals surface area (Å²) in [6.07, 6.45) is 0. The highest BCUT2D eigenvalue weighted by molar-refractivity contribution is 5.82. The average molecular weight is 244 g/mol. The Morgan fingerprint density at radius 3 is 2.56 bits per heavy atom. The molecule has 0 aromatic heterocycles. The second-order valence-electron chi connectivity index (χ2n) is 3.90. The Labute approximate surface area is 104 Å². The van der Waals surface area contributed by atoms with E-state index in [-0.39, 0.29) is 12.5 Å². The normalized spacial score (nSPS) is 12.5. The van der Waals surface area contributed by atoms with E-state index in [4.69, 9.17) is 14.2 Å². The molecule has 0 unspecified atom stereocenters. The van der Waals surface area contributed by atoms with E-state index in [1.807, 2.05) is 30.3 Å². The van der Waals surface area contributed by atoms with Crippen LogP contribution in [0.5, 0.6) is 23.0 Å². The minimum absolute atomic E-state index is 0.113. The molecule has 92 valence electrons. The number of phenolic OH excluding ortho intramolecular Hbond substituents is 1. The van der Waals surface area contributed by atoms with Gasteiger partial charge in [-0.1, -0.05) is 30.3 Å². The van der Waals surface area contributed by atoms with Crippen molar-refractivity contribution < 1.29 is 19.3 Å². The van der Waals surface area contributed by atoms with Gasteiger partial charge in [0.1, 0.15) is 5.75 Å². The van der Waals surface area contributed by atoms with E-state index in [1.54, 1.807) is 0 Å². The predicted molar refractivity (Wildman–Crippen MR) is 66.2 cm³/mol. The van der Waals surface area contributed by atoms with Crippen LogP contribution in [0.3, 0.4) is 0 Å². The fourth-order valence-electron chi connectivity index (χ4n) is 2.06. The van der Waals surface area contributed by atoms with Crippen LogP contribution >= 0.6 is 0 Å². The molecule has 18 heavy (non-hydrogen) atoms. The van der Waals surface area contributed by atoms with Crippen LogP contribution in [0.15, 0.2) is 36.4 Å². The molecule has 0 saturated carbocycles. The van der Waals surface area contributed by atoms with Gasteiger partial charge in [0.15, 0.2) is 11.5 Å². The van der Waals surface area contributed by atoms with Gasteiger partial charge >= 0.3 is 0 Å². The van der Waals surface area contributed by atoms with Crippen LogP contribution in [-0.2, 0) is 0 Å². The lowest BCUT2D eigenvalue weighted by Gasteiger charge is -2.11. The molecule has 0 fully saturated rings. The van der Waals surface area contributed by atoms with Gasteiger partial charge in [-0.25, -0.2) is 0 Å². The van der Waals surface area contributed by atoms with Crippen molar-refractivity contribution >= 4 is 0 Å². The lowest BCUT2D eigenvalue weighted by Crippen LogP contribution is -1.94. The Morgan fingerprint density at radius 1 is 1.11 bits per heavy atom. The number of rotatable bonds is 2. The van der Waals surface area contributed by atoms with E-state index < -0.39 is 0 Å². The number of benzene rings is 2. The average Bonchev–Trinajstić information content (AvgIpc) is 2.87. The summed E-state index contributed by atoms with van der Waals surface area (Å²) in [7, 11) is 1.53. The van der Waals surface area contributed by atoms with Crippen molar-refractivity contribution in [3.8, 4) is 34.1 Å². The van der Waals surface area contributed by atoms with Crippen LogP contribution < -0.4 is 14.2 Å². The number of hydrogen-bond donors (Lipinski definition) is 1. The molecule has 4 heteroatoms. The van der Waals surface area contributed by atoms with Gasteiger partial charge in [0.05, 0.1) is 12.7 Å². The summed E-state index contributed by atoms with van der Waals surface area (Å²) in [5.41, 5.74) is 1.50. The van der Waals surface area contributed by atoms with Crippen molar-refractivity contribution in [2.75, 3.05) is 13.9 Å². The second kappa shape index (κ2) is 4.14. The zero-order chi connectivity index (χ0) is 12.5. The minimum Gasteiger partial charge on any atom is -0.507 e. The maximum atomic E-state index is 10.1. The van der Waals surface area contributed by atoms with Crippen LogP contribution in [0.2, 0.25) is 0 Å². The zero-order valence-electron chi connectivity index (χ0n) is 9.84. The largest absolute Gasteiger partial charge is 0.507 e. The Balaban J connectivity index is 2.25. The minimum atomic E-state index is 0.113. The van der Waals surface area contributed by atoms with Crippen LogP contribution in [-0.4, -0.2) is 19.0 Å². The van der Waals surface area contributed by atoms with Crippen molar-refractivity contribution in [3.63, 3.8) is 0 Å². The Bertz CT molecular complexity index is 578. The van der Waals surface area contributed by atoms with Crippen molar-refractivity contribution in [2.24, 2.45) is 0 Å². The first-order valence-corrected chi connectivity index (χ1v) is 5.56. The van der Waals surface area contributed by atoms with Gasteiger partial charge in [-0.05, 0) is 5.56 Å². The smallest absolute Gasteiger partial charge is 0.231 e. The number of hydrogen-bond acceptors (Lipinski definition) is 4. The summed E-state index contributed by atoms with van der Waals surface area (Å²) >= 11 is 0. The molecular weight excluding hydrogens is 232 g/mol. The predicted octanol–water partition coefficient (Wildman–Crippen LogP) is 2.80. The van der Waals surface area contributed by atoms with Crippen LogP contribution in [0.4, 0.5) is 0 Å². The van der Waals surface area contributed by atoms with E-state index >= 15 is 0 Å². The number of fused-ring (bicyclic) bond motifs is 1. The molecule has 1 heterocycles. The van der Waals surface area contributed by atoms with E-state index in [0.717, 1.165) is 5.56 Å². The van der Waals surface area contributed by atoms with Crippen LogP contribution in [0.25, 0.3) is 11.1 Å². The summed E-state index contributed by atoms with van der Waals surface area (Å²) < 4.78 is 16.0. The third-order valence-electron chi connectivity index (χ3n) is 2.87. The Hall–Kier alpha value is -2.36. The lowest BCUT2D eigenvalue weighted by atomic mass is 10.0. The fraction of sp³-hybridized carbons (Fsp3) is 0.143. The van der Waals surface area contributed by atoms with E-state index in [0.29, 0.717) is 22.8 Å². The second-order valence-corrected chi connectivity index (χ2v) is 3.90. The van der Waals surface area contributed by atoms with E-state index in [2.05, 4.69) is 0 Å². The first-order chi connectivity index (χ1) is 8.81. The molecule has 0 amide bonds. The van der Waals surface area contributed by atoms with E-state index in [1.165, 1.54) is 13.2 Å². The van der Waals surface area contributed by atoms with Gasteiger partial charge in [-0.2, -0.15) is 0 Å². The highest BCUT2D eigenvalue weighted by atomic mass is 16.7. The molecule has 0 atom stereocenters. The van der Waals surface area contributed by atoms with Gasteiger partial charge in [-0.3, -0.25) is 0 Å². The third-order valence-corrected chi connectivity index (χ3v) is 2.87. The summed E-state index contributed by atoms with van der Waals surface area (Å²) in [5.74, 6) is 1.65. The van der Waals surface area contributed by atoms with Gasteiger partial charge in [-0.15, -0.1) is 0 Å². The quantitative estimate of drug-likeness (QED) is 0.882. The van der Waals surface area contributed by atoms with Gasteiger partial charge < -0.3 is 19.3 Å². The first-order valence-electron chi connectivity index (χ1n) is 5.56. The standard InChI is InChI=1S/C14H12O4/c1-16-11-7-10(15)12(9-5-3-2-4-6-9)14-13(11)17-8-18-14/h2-7,15H,8H2,1H3. The Kier molecular flexibility index (Phi) is 2.48. The molecule has 4 nitrogen and oxygen atoms in total. The van der Waals surface area contributed by atoms with Crippen molar-refractivity contribution in [1.29, 1.82) is 0 Å². The SMILES string of the molecule is COc1cc(O)c(-c2ccccc2)c2c1OCO2. The van der Waals surface area contributed by atoms with Gasteiger partial charge in [0, 0.05) is 6.07 Å². The molecule has 1 aliphatic rings. The number of phenols is 1. The zero-order valence-corrected chi connectivity index (χ0v) is 9.84. The molecule has 0 spiro atoms. The monoisotopic (exact) mass is 244 g/mol. The van der Waals surface area contributed by atoms with Crippen LogP contribution in [0, 0.1) is 0 Å². The topological polar surface area (TPSA) is 47.9 Å². The summed E-state index contributed by atoms with van der Waals surface area (Å²) in [5, 5.41) is 10.1. The number of aromatic hydroxyl groups is 1. The third kappa shape index (κ3) is 1.54. The summed E-state index contributed by atoms with van der Waals surface area (Å²) in [6.45, 7) is 0.134. The molecule has 2 aromatic rings. The fourth-order valence-corrected chi connectivity index (χ4v) is 2.06. The highest BCUT2D eigenvalue weighted by Crippen LogP contribution is 2.51. The van der Waals surface area contributed by atoms with Gasteiger partial charge in [0.2, 0.25) is 12.5 Å². The molecule has 2 aromatic carbocycles. The van der Waals surface area contributed by atoms with Crippen LogP contribution in [0.1, 0.15) is 0 Å². The van der Waals surface area contributed by atoms with Crippen molar-refractivity contribution in [2.45, 2.75) is 0 Å². The first kappa shape index (κ1) is 10.8. The number of ether oxygens (including phenoxy) is 3. The summed E-state index contributed by atoms with van der Waals surface area (Å²) in [6, 6.07) is 11.1. The Morgan fingerprint density at radius 2 is 1.83 bits per heavy atom. The summed E-state index contributed by atoms with van der Waals surface area (Å²) in [4.78, 5) is 0. The van der Waals surface area contributed by atoms with Gasteiger partial charge in [0.25, 0.3) is 0 Å². The lowest BCUT2D eigenvalue weighted by molar-refractivity contribution is 0.171. The molecule has 0 aliphatic carbocycles. The van der Waals surface area contributed by atoms with Crippen molar-refractivity contribution in [1.82, 2.24) is 0 Å². The molecule has 0 saturated heterocycles. The molecule has 3 rings (SSSR count). The number of methoxy groups -OCH3 is 1. The molecule has 0 radical (unpaired) electrons. The molecular formula is C14H12O4. The molecule has 1 N–H and O–H groups in total.